The van der Waals surface area contributed by atoms with Gasteiger partial charge in [0.05, 0.1) is 13.7 Å². The van der Waals surface area contributed by atoms with Crippen LogP contribution in [0.2, 0.25) is 0 Å². The zero-order valence-electron chi connectivity index (χ0n) is 16.3. The van der Waals surface area contributed by atoms with Gasteiger partial charge in [0.1, 0.15) is 24.2 Å². The molecular weight excluding hydrogens is 375 g/mol. The molecule has 0 aliphatic carbocycles. The van der Waals surface area contributed by atoms with Crippen LogP contribution in [0.1, 0.15) is 17.4 Å². The molecule has 0 bridgehead atoms. The maximum atomic E-state index is 13.5. The topological polar surface area (TPSA) is 77.4 Å². The molecule has 152 valence electrons. The first-order valence-electron chi connectivity index (χ1n) is 9.11. The number of hydrogen-bond donors (Lipinski definition) is 2. The molecule has 0 spiro atoms. The zero-order valence-corrected chi connectivity index (χ0v) is 16.3. The first-order chi connectivity index (χ1) is 14.1. The summed E-state index contributed by atoms with van der Waals surface area (Å²) in [7, 11) is 3.45. The minimum Gasteiger partial charge on any atom is -0.497 e. The Labute approximate surface area is 168 Å². The van der Waals surface area contributed by atoms with Gasteiger partial charge in [0, 0.05) is 19.4 Å². The average Bonchev–Trinajstić information content (AvgIpc) is 3.16. The molecule has 0 aliphatic heterocycles. The van der Waals surface area contributed by atoms with E-state index in [1.165, 1.54) is 12.1 Å². The number of carbonyl (C=O) groups is 1. The predicted molar refractivity (Wildman–Crippen MR) is 106 cm³/mol. The Morgan fingerprint density at radius 2 is 2.07 bits per heavy atom. The average molecular weight is 398 g/mol. The second kappa shape index (κ2) is 9.59. The van der Waals surface area contributed by atoms with E-state index in [-0.39, 0.29) is 18.9 Å². The molecular formula is C21H23FN4O3. The van der Waals surface area contributed by atoms with Crippen molar-refractivity contribution in [3.05, 3.63) is 78.1 Å². The Kier molecular flexibility index (Phi) is 6.67. The van der Waals surface area contributed by atoms with Gasteiger partial charge in [0.2, 0.25) is 0 Å². The van der Waals surface area contributed by atoms with E-state index in [9.17, 15) is 9.18 Å². The number of carbonyl (C=O) groups excluding carboxylic acids is 1. The van der Waals surface area contributed by atoms with Crippen molar-refractivity contribution in [3.63, 3.8) is 0 Å². The fourth-order valence-corrected chi connectivity index (χ4v) is 2.84. The molecule has 1 heterocycles. The number of nitrogens with zero attached hydrogens (tertiary/aromatic N) is 2. The molecule has 2 aromatic carbocycles. The number of benzene rings is 2. The summed E-state index contributed by atoms with van der Waals surface area (Å²) in [6, 6.07) is 12.7. The van der Waals surface area contributed by atoms with Crippen molar-refractivity contribution in [1.82, 2.24) is 20.2 Å². The second-order valence-corrected chi connectivity index (χ2v) is 6.29. The van der Waals surface area contributed by atoms with E-state index in [1.54, 1.807) is 25.4 Å². The van der Waals surface area contributed by atoms with Crippen LogP contribution in [0, 0.1) is 5.82 Å². The second-order valence-electron chi connectivity index (χ2n) is 6.29. The number of hydrogen-bond acceptors (Lipinski definition) is 4. The van der Waals surface area contributed by atoms with Crippen LogP contribution in [0.3, 0.4) is 0 Å². The number of rotatable bonds is 8. The lowest BCUT2D eigenvalue weighted by molar-refractivity contribution is 0.233. The smallest absolute Gasteiger partial charge is 0.315 e. The lowest BCUT2D eigenvalue weighted by atomic mass is 10.1. The van der Waals surface area contributed by atoms with Gasteiger partial charge in [-0.1, -0.05) is 24.3 Å². The van der Waals surface area contributed by atoms with Crippen LogP contribution in [-0.4, -0.2) is 35.8 Å². The zero-order chi connectivity index (χ0) is 20.6. The highest BCUT2D eigenvalue weighted by molar-refractivity contribution is 5.74. The third-order valence-electron chi connectivity index (χ3n) is 4.30. The summed E-state index contributed by atoms with van der Waals surface area (Å²) >= 11 is 0. The van der Waals surface area contributed by atoms with Crippen molar-refractivity contribution in [2.75, 3.05) is 20.3 Å². The summed E-state index contributed by atoms with van der Waals surface area (Å²) in [5.74, 6) is 1.07. The van der Waals surface area contributed by atoms with Gasteiger partial charge >= 0.3 is 6.03 Å². The van der Waals surface area contributed by atoms with Crippen molar-refractivity contribution in [3.8, 4) is 11.5 Å². The van der Waals surface area contributed by atoms with E-state index < -0.39 is 17.9 Å². The predicted octanol–water partition coefficient (Wildman–Crippen LogP) is 3.04. The lowest BCUT2D eigenvalue weighted by Crippen LogP contribution is -2.40. The Morgan fingerprint density at radius 1 is 1.24 bits per heavy atom. The molecule has 3 aromatic rings. The number of aromatic nitrogens is 2. The number of imidazole rings is 1. The SMILES string of the molecule is COc1cccc(C(NC(=O)NCCOc2ccccc2F)c2nccn2C)c1. The summed E-state index contributed by atoms with van der Waals surface area (Å²) in [5, 5.41) is 5.64. The van der Waals surface area contributed by atoms with Crippen molar-refractivity contribution in [2.45, 2.75) is 6.04 Å². The van der Waals surface area contributed by atoms with Gasteiger partial charge in [0.15, 0.2) is 11.6 Å². The normalized spacial score (nSPS) is 11.6. The standard InChI is InChI=1S/C21H23FN4O3/c1-26-12-10-23-20(26)19(15-6-5-7-16(14-15)28-2)25-21(27)24-11-13-29-18-9-4-3-8-17(18)22/h3-10,12,14,19H,11,13H2,1-2H3,(H2,24,25,27). The first kappa shape index (κ1) is 20.2. The van der Waals surface area contributed by atoms with Gasteiger partial charge in [-0.2, -0.15) is 0 Å². The molecule has 3 rings (SSSR count). The van der Waals surface area contributed by atoms with Crippen LogP contribution in [0.15, 0.2) is 60.9 Å². The fourth-order valence-electron chi connectivity index (χ4n) is 2.84. The van der Waals surface area contributed by atoms with E-state index in [4.69, 9.17) is 9.47 Å². The van der Waals surface area contributed by atoms with Crippen LogP contribution in [0.4, 0.5) is 9.18 Å². The molecule has 2 N–H and O–H groups in total. The Balaban J connectivity index is 1.62. The number of halogens is 1. The van der Waals surface area contributed by atoms with E-state index in [0.29, 0.717) is 11.6 Å². The van der Waals surface area contributed by atoms with Crippen LogP contribution in [0.5, 0.6) is 11.5 Å². The lowest BCUT2D eigenvalue weighted by Gasteiger charge is -2.20. The number of methoxy groups -OCH3 is 1. The summed E-state index contributed by atoms with van der Waals surface area (Å²) in [5.41, 5.74) is 0.830. The maximum Gasteiger partial charge on any atom is 0.315 e. The third kappa shape index (κ3) is 5.25. The van der Waals surface area contributed by atoms with Gasteiger partial charge in [0.25, 0.3) is 0 Å². The Bertz CT molecular complexity index is 960. The summed E-state index contributed by atoms with van der Waals surface area (Å²) < 4.78 is 26.0. The van der Waals surface area contributed by atoms with Gasteiger partial charge < -0.3 is 24.7 Å². The van der Waals surface area contributed by atoms with Crippen LogP contribution in [0.25, 0.3) is 0 Å². The molecule has 1 unspecified atom stereocenters. The molecule has 0 fully saturated rings. The Morgan fingerprint density at radius 3 is 2.79 bits per heavy atom. The third-order valence-corrected chi connectivity index (χ3v) is 4.30. The molecule has 2 amide bonds. The van der Waals surface area contributed by atoms with Crippen molar-refractivity contribution in [1.29, 1.82) is 0 Å². The van der Waals surface area contributed by atoms with Gasteiger partial charge in [-0.25, -0.2) is 14.2 Å². The van der Waals surface area contributed by atoms with Crippen molar-refractivity contribution in [2.24, 2.45) is 7.05 Å². The highest BCUT2D eigenvalue weighted by Crippen LogP contribution is 2.24. The highest BCUT2D eigenvalue weighted by Gasteiger charge is 2.21. The number of aryl methyl sites for hydroxylation is 1. The number of ether oxygens (including phenoxy) is 2. The van der Waals surface area contributed by atoms with Crippen LogP contribution in [-0.2, 0) is 7.05 Å². The highest BCUT2D eigenvalue weighted by atomic mass is 19.1. The number of urea groups is 1. The number of para-hydroxylation sites is 1. The van der Waals surface area contributed by atoms with E-state index in [1.807, 2.05) is 42.1 Å². The molecule has 29 heavy (non-hydrogen) atoms. The summed E-state index contributed by atoms with van der Waals surface area (Å²) in [6.07, 6.45) is 3.48. The van der Waals surface area contributed by atoms with Crippen molar-refractivity contribution < 1.29 is 18.7 Å². The minimum absolute atomic E-state index is 0.139. The first-order valence-corrected chi connectivity index (χ1v) is 9.11. The minimum atomic E-state index is -0.474. The summed E-state index contributed by atoms with van der Waals surface area (Å²) in [4.78, 5) is 16.8. The molecule has 0 saturated heterocycles. The molecule has 0 radical (unpaired) electrons. The van der Waals surface area contributed by atoms with Crippen LogP contribution >= 0.6 is 0 Å². The molecule has 8 heteroatoms. The molecule has 0 aliphatic rings. The monoisotopic (exact) mass is 398 g/mol. The quantitative estimate of drug-likeness (QED) is 0.572. The van der Waals surface area contributed by atoms with Gasteiger partial charge in [-0.15, -0.1) is 0 Å². The fraction of sp³-hybridized carbons (Fsp3) is 0.238. The number of nitrogens with one attached hydrogen (secondary N) is 2. The molecule has 0 saturated carbocycles. The molecule has 1 atom stereocenters. The van der Waals surface area contributed by atoms with Gasteiger partial charge in [-0.05, 0) is 29.8 Å². The Hall–Kier alpha value is -3.55. The molecule has 7 nitrogen and oxygen atoms in total. The van der Waals surface area contributed by atoms with E-state index in [0.717, 1.165) is 5.56 Å². The summed E-state index contributed by atoms with van der Waals surface area (Å²) in [6.45, 7) is 0.353. The van der Waals surface area contributed by atoms with E-state index >= 15 is 0 Å². The van der Waals surface area contributed by atoms with Gasteiger partial charge in [-0.3, -0.25) is 0 Å². The van der Waals surface area contributed by atoms with E-state index in [2.05, 4.69) is 15.6 Å². The molecule has 1 aromatic heterocycles. The maximum absolute atomic E-state index is 13.5. The van der Waals surface area contributed by atoms with Crippen LogP contribution < -0.4 is 20.1 Å². The number of amides is 2. The van der Waals surface area contributed by atoms with Crippen molar-refractivity contribution >= 4 is 6.03 Å². The largest absolute Gasteiger partial charge is 0.497 e.